The molecule has 3 aliphatic rings. The minimum absolute atomic E-state index is 0.0380. The Kier molecular flexibility index (Phi) is 5.19. The van der Waals surface area contributed by atoms with Crippen LogP contribution in [0.1, 0.15) is 47.8 Å². The molecule has 2 aromatic rings. The van der Waals surface area contributed by atoms with E-state index in [1.807, 2.05) is 6.92 Å². The zero-order valence-corrected chi connectivity index (χ0v) is 18.6. The number of ether oxygens (including phenoxy) is 4. The lowest BCUT2D eigenvalue weighted by atomic mass is 9.76. The lowest BCUT2D eigenvalue weighted by molar-refractivity contribution is -0.156. The van der Waals surface area contributed by atoms with Gasteiger partial charge in [0.05, 0.1) is 36.0 Å². The first-order valence-corrected chi connectivity index (χ1v) is 10.9. The summed E-state index contributed by atoms with van der Waals surface area (Å²) in [6.07, 6.45) is 1.17. The van der Waals surface area contributed by atoms with E-state index in [0.717, 1.165) is 12.8 Å². The molecule has 8 nitrogen and oxygen atoms in total. The highest BCUT2D eigenvalue weighted by Gasteiger charge is 2.48. The summed E-state index contributed by atoms with van der Waals surface area (Å²) in [5.41, 5.74) is 0.901. The van der Waals surface area contributed by atoms with Gasteiger partial charge >= 0.3 is 5.97 Å². The summed E-state index contributed by atoms with van der Waals surface area (Å²) in [6, 6.07) is 4.89. The number of aromatic carboxylic acids is 1. The van der Waals surface area contributed by atoms with Crippen LogP contribution >= 0.6 is 11.6 Å². The maximum atomic E-state index is 13.2. The van der Waals surface area contributed by atoms with Gasteiger partial charge in [0.1, 0.15) is 29.8 Å². The predicted octanol–water partition coefficient (Wildman–Crippen LogP) is 3.70. The number of nitrogens with zero attached hydrogens (tertiary/aromatic N) is 1. The first-order chi connectivity index (χ1) is 15.3. The molecule has 5 rings (SSSR count). The number of methoxy groups -OCH3 is 1. The maximum Gasteiger partial charge on any atom is 0.341 e. The van der Waals surface area contributed by atoms with E-state index in [2.05, 4.69) is 0 Å². The van der Waals surface area contributed by atoms with E-state index in [-0.39, 0.29) is 17.0 Å². The second-order valence-corrected chi connectivity index (χ2v) is 9.25. The van der Waals surface area contributed by atoms with Crippen molar-refractivity contribution >= 4 is 17.6 Å². The molecule has 170 valence electrons. The molecule has 0 amide bonds. The molecule has 3 heterocycles. The quantitative estimate of drug-likeness (QED) is 0.628. The molecule has 0 spiro atoms. The first-order valence-electron chi connectivity index (χ1n) is 10.6. The molecule has 1 aromatic carbocycles. The number of fused-ring (bicyclic) bond motifs is 3. The molecule has 2 fully saturated rings. The van der Waals surface area contributed by atoms with Crippen molar-refractivity contribution in [2.24, 2.45) is 5.41 Å². The highest BCUT2D eigenvalue weighted by Crippen LogP contribution is 2.54. The largest absolute Gasteiger partial charge is 0.489 e. The van der Waals surface area contributed by atoms with Gasteiger partial charge in [-0.2, -0.15) is 0 Å². The van der Waals surface area contributed by atoms with Crippen LogP contribution in [0.3, 0.4) is 0 Å². The van der Waals surface area contributed by atoms with Crippen LogP contribution in [0, 0.1) is 5.41 Å². The van der Waals surface area contributed by atoms with Crippen molar-refractivity contribution in [3.05, 3.63) is 44.7 Å². The van der Waals surface area contributed by atoms with Gasteiger partial charge < -0.3 is 28.6 Å². The van der Waals surface area contributed by atoms with E-state index in [0.29, 0.717) is 59.8 Å². The third kappa shape index (κ3) is 3.37. The number of benzene rings is 1. The van der Waals surface area contributed by atoms with Crippen molar-refractivity contribution in [1.82, 2.24) is 4.57 Å². The molecule has 1 saturated carbocycles. The summed E-state index contributed by atoms with van der Waals surface area (Å²) in [5.74, 6) is -0.238. The summed E-state index contributed by atoms with van der Waals surface area (Å²) in [7, 11) is 1.59. The molecule has 9 heteroatoms. The summed E-state index contributed by atoms with van der Waals surface area (Å²) in [6.45, 7) is 3.73. The second-order valence-electron chi connectivity index (χ2n) is 8.84. The van der Waals surface area contributed by atoms with Crippen molar-refractivity contribution in [2.45, 2.75) is 31.9 Å². The summed E-state index contributed by atoms with van der Waals surface area (Å²) < 4.78 is 24.3. The van der Waals surface area contributed by atoms with Crippen LogP contribution in [0.25, 0.3) is 11.3 Å². The van der Waals surface area contributed by atoms with Crippen molar-refractivity contribution in [3.63, 3.8) is 0 Å². The average molecular weight is 462 g/mol. The molecule has 1 N–H and O–H groups in total. The summed E-state index contributed by atoms with van der Waals surface area (Å²) in [4.78, 5) is 25.1. The van der Waals surface area contributed by atoms with Crippen LogP contribution in [0.4, 0.5) is 0 Å². The van der Waals surface area contributed by atoms with Crippen molar-refractivity contribution in [1.29, 1.82) is 0 Å². The van der Waals surface area contributed by atoms with Gasteiger partial charge in [-0.1, -0.05) is 18.5 Å². The Morgan fingerprint density at radius 3 is 2.62 bits per heavy atom. The molecule has 32 heavy (non-hydrogen) atoms. The molecule has 0 radical (unpaired) electrons. The van der Waals surface area contributed by atoms with E-state index >= 15 is 0 Å². The minimum atomic E-state index is -1.24. The Bertz CT molecular complexity index is 1150. The van der Waals surface area contributed by atoms with Crippen LogP contribution in [-0.4, -0.2) is 49.2 Å². The van der Waals surface area contributed by atoms with Crippen molar-refractivity contribution in [3.8, 4) is 22.8 Å². The van der Waals surface area contributed by atoms with Crippen LogP contribution in [0.2, 0.25) is 5.02 Å². The summed E-state index contributed by atoms with van der Waals surface area (Å²) in [5, 5.41) is 10.1. The van der Waals surface area contributed by atoms with Gasteiger partial charge in [0.15, 0.2) is 0 Å². The lowest BCUT2D eigenvalue weighted by Gasteiger charge is -2.46. The summed E-state index contributed by atoms with van der Waals surface area (Å²) >= 11 is 6.52. The number of hydrogen-bond acceptors (Lipinski definition) is 6. The van der Waals surface area contributed by atoms with Crippen LogP contribution < -0.4 is 15.0 Å². The van der Waals surface area contributed by atoms with E-state index in [9.17, 15) is 14.7 Å². The van der Waals surface area contributed by atoms with Gasteiger partial charge in [-0.3, -0.25) is 4.79 Å². The number of rotatable bonds is 7. The number of pyridine rings is 1. The van der Waals surface area contributed by atoms with Gasteiger partial charge in [-0.15, -0.1) is 0 Å². The molecule has 2 aliphatic heterocycles. The molecule has 1 saturated heterocycles. The van der Waals surface area contributed by atoms with Crippen LogP contribution in [0.5, 0.6) is 11.5 Å². The molecule has 1 unspecified atom stereocenters. The molecular formula is C23H24ClNO7. The number of carbonyl (C=O) groups is 1. The zero-order valence-electron chi connectivity index (χ0n) is 17.9. The van der Waals surface area contributed by atoms with Gasteiger partial charge in [0.25, 0.3) is 5.56 Å². The highest BCUT2D eigenvalue weighted by atomic mass is 35.5. The lowest BCUT2D eigenvalue weighted by Crippen LogP contribution is -2.48. The standard InChI is InChI=1S/C23H24ClNO7/c1-23(10-30-11-23)20-14-7-15(22(27)28)21(26)25(12-3-4-12)19(14)13-8-16(24)18(9-17(13)32-20)31-6-5-29-2/h7-9,12,20H,3-6,10-11H2,1-2H3,(H,27,28). The average Bonchev–Trinajstić information content (AvgIpc) is 3.56. The van der Waals surface area contributed by atoms with E-state index in [4.69, 9.17) is 30.5 Å². The number of aromatic nitrogens is 1. The third-order valence-corrected chi connectivity index (χ3v) is 6.56. The Balaban J connectivity index is 1.73. The van der Waals surface area contributed by atoms with Crippen LogP contribution in [0.15, 0.2) is 23.0 Å². The minimum Gasteiger partial charge on any atom is -0.489 e. The number of carboxylic acid groups (broad SMARTS) is 1. The smallest absolute Gasteiger partial charge is 0.341 e. The fraction of sp³-hybridized carbons (Fsp3) is 0.478. The monoisotopic (exact) mass is 461 g/mol. The van der Waals surface area contributed by atoms with Gasteiger partial charge in [0.2, 0.25) is 0 Å². The molecule has 1 aliphatic carbocycles. The van der Waals surface area contributed by atoms with E-state index in [1.54, 1.807) is 23.8 Å². The Morgan fingerprint density at radius 2 is 2.03 bits per heavy atom. The van der Waals surface area contributed by atoms with Gasteiger partial charge in [-0.25, -0.2) is 4.79 Å². The second kappa shape index (κ2) is 7.79. The van der Waals surface area contributed by atoms with E-state index in [1.165, 1.54) is 6.07 Å². The van der Waals surface area contributed by atoms with E-state index < -0.39 is 17.6 Å². The van der Waals surface area contributed by atoms with Crippen LogP contribution in [-0.2, 0) is 9.47 Å². The topological polar surface area (TPSA) is 96.2 Å². The SMILES string of the molecule is COCCOc1cc2c(cc1Cl)-c1c(cc(C(=O)O)c(=O)n1C1CC1)C(C1(C)COC1)O2. The molecular weight excluding hydrogens is 438 g/mol. The maximum absolute atomic E-state index is 13.2. The van der Waals surface area contributed by atoms with Crippen molar-refractivity contribution < 1.29 is 28.8 Å². The third-order valence-electron chi connectivity index (χ3n) is 6.26. The zero-order chi connectivity index (χ0) is 22.6. The number of carboxylic acids is 1. The molecule has 0 bridgehead atoms. The highest BCUT2D eigenvalue weighted by molar-refractivity contribution is 6.32. The van der Waals surface area contributed by atoms with Crippen molar-refractivity contribution in [2.75, 3.05) is 33.5 Å². The first kappa shape index (κ1) is 21.3. The Labute approximate surface area is 189 Å². The molecule has 1 atom stereocenters. The Morgan fingerprint density at radius 1 is 1.28 bits per heavy atom. The predicted molar refractivity (Wildman–Crippen MR) is 116 cm³/mol. The van der Waals surface area contributed by atoms with Gasteiger partial charge in [0, 0.05) is 30.3 Å². The normalized spacial score (nSPS) is 20.5. The van der Waals surface area contributed by atoms with Gasteiger partial charge in [-0.05, 0) is 25.0 Å². The fourth-order valence-electron chi connectivity index (χ4n) is 4.42. The number of halogens is 1. The molecule has 1 aromatic heterocycles. The fourth-order valence-corrected chi connectivity index (χ4v) is 4.64. The Hall–Kier alpha value is -2.55. The number of hydrogen-bond donors (Lipinski definition) is 1.